The van der Waals surface area contributed by atoms with Gasteiger partial charge in [-0.15, -0.1) is 0 Å². The zero-order valence-corrected chi connectivity index (χ0v) is 9.10. The van der Waals surface area contributed by atoms with Crippen molar-refractivity contribution in [2.75, 3.05) is 0 Å². The Kier molecular flexibility index (Phi) is 3.56. The molecule has 0 saturated carbocycles. The van der Waals surface area contributed by atoms with Crippen molar-refractivity contribution in [1.82, 2.24) is 0 Å². The molecule has 0 fully saturated rings. The normalized spacial score (nSPS) is 12.6. The molecule has 1 unspecified atom stereocenters. The number of rotatable bonds is 3. The maximum absolute atomic E-state index is 13.4. The monoisotopic (exact) mass is 212 g/mol. The summed E-state index contributed by atoms with van der Waals surface area (Å²) < 4.78 is 26.4. The fourth-order valence-corrected chi connectivity index (χ4v) is 1.60. The molecule has 0 aliphatic carbocycles. The fraction of sp³-hybridized carbons (Fsp3) is 0.417. The molecule has 82 valence electrons. The highest BCUT2D eigenvalue weighted by atomic mass is 19.1. The summed E-state index contributed by atoms with van der Waals surface area (Å²) >= 11 is 0. The van der Waals surface area contributed by atoms with Gasteiger partial charge in [0, 0.05) is 12.0 Å². The molecule has 1 aromatic carbocycles. The summed E-state index contributed by atoms with van der Waals surface area (Å²) in [5, 5.41) is 0. The highest BCUT2D eigenvalue weighted by Crippen LogP contribution is 2.25. The van der Waals surface area contributed by atoms with Crippen LogP contribution < -0.4 is 0 Å². The van der Waals surface area contributed by atoms with Crippen LogP contribution in [-0.2, 0) is 11.2 Å². The summed E-state index contributed by atoms with van der Waals surface area (Å²) in [5.41, 5.74) is 0.890. The van der Waals surface area contributed by atoms with Gasteiger partial charge >= 0.3 is 0 Å². The molecule has 0 aromatic heterocycles. The number of hydrogen-bond acceptors (Lipinski definition) is 1. The van der Waals surface area contributed by atoms with E-state index in [0.717, 1.165) is 6.07 Å². The number of ketones is 1. The molecule has 0 amide bonds. The Morgan fingerprint density at radius 2 is 2.00 bits per heavy atom. The second-order valence-electron chi connectivity index (χ2n) is 3.64. The molecule has 1 nitrogen and oxygen atoms in total. The first-order chi connectivity index (χ1) is 6.97. The largest absolute Gasteiger partial charge is 0.299 e. The first kappa shape index (κ1) is 11.8. The highest BCUT2D eigenvalue weighted by molar-refractivity contribution is 5.83. The van der Waals surface area contributed by atoms with Gasteiger partial charge in [0.15, 0.2) is 0 Å². The summed E-state index contributed by atoms with van der Waals surface area (Å²) in [6.07, 6.45) is 0.457. The maximum Gasteiger partial charge on any atom is 0.137 e. The van der Waals surface area contributed by atoms with Crippen LogP contribution in [0.2, 0.25) is 0 Å². The summed E-state index contributed by atoms with van der Waals surface area (Å²) in [7, 11) is 0. The van der Waals surface area contributed by atoms with Gasteiger partial charge in [0.1, 0.15) is 17.4 Å². The van der Waals surface area contributed by atoms with Gasteiger partial charge in [-0.3, -0.25) is 4.79 Å². The van der Waals surface area contributed by atoms with Crippen LogP contribution >= 0.6 is 0 Å². The summed E-state index contributed by atoms with van der Waals surface area (Å²) in [4.78, 5) is 11.2. The molecule has 0 N–H and O–H groups in total. The summed E-state index contributed by atoms with van der Waals surface area (Å²) in [6, 6.07) is 2.10. The number of Topliss-reactive ketones (excluding diaryl/α,β-unsaturated/α-hetero) is 1. The predicted molar refractivity (Wildman–Crippen MR) is 54.8 cm³/mol. The Morgan fingerprint density at radius 3 is 2.47 bits per heavy atom. The first-order valence-electron chi connectivity index (χ1n) is 4.95. The second kappa shape index (κ2) is 4.51. The van der Waals surface area contributed by atoms with E-state index < -0.39 is 17.6 Å². The van der Waals surface area contributed by atoms with Crippen molar-refractivity contribution in [2.45, 2.75) is 33.1 Å². The van der Waals surface area contributed by atoms with Crippen LogP contribution in [0.3, 0.4) is 0 Å². The highest BCUT2D eigenvalue weighted by Gasteiger charge is 2.18. The van der Waals surface area contributed by atoms with E-state index in [2.05, 4.69) is 0 Å². The van der Waals surface area contributed by atoms with Crippen LogP contribution in [0, 0.1) is 11.6 Å². The average Bonchev–Trinajstić information content (AvgIpc) is 2.15. The molecule has 0 aliphatic heterocycles. The standard InChI is InChI=1S/C12H14F2O/c1-4-10-11(7(2)8(3)15)5-9(13)6-12(10)14/h5-7H,4H2,1-3H3. The SMILES string of the molecule is CCc1c(F)cc(F)cc1C(C)C(C)=O. The number of halogens is 2. The van der Waals surface area contributed by atoms with Crippen LogP contribution in [0.25, 0.3) is 0 Å². The molecule has 1 aromatic rings. The molecule has 1 rings (SSSR count). The molecule has 0 heterocycles. The Hall–Kier alpha value is -1.25. The lowest BCUT2D eigenvalue weighted by molar-refractivity contribution is -0.118. The first-order valence-corrected chi connectivity index (χ1v) is 4.95. The van der Waals surface area contributed by atoms with E-state index in [9.17, 15) is 13.6 Å². The minimum Gasteiger partial charge on any atom is -0.299 e. The van der Waals surface area contributed by atoms with E-state index in [4.69, 9.17) is 0 Å². The molecule has 1 atom stereocenters. The van der Waals surface area contributed by atoms with E-state index in [0.29, 0.717) is 17.5 Å². The third-order valence-electron chi connectivity index (χ3n) is 2.62. The molecule has 3 heteroatoms. The van der Waals surface area contributed by atoms with Gasteiger partial charge in [0.25, 0.3) is 0 Å². The van der Waals surface area contributed by atoms with E-state index >= 15 is 0 Å². The molecule has 0 radical (unpaired) electrons. The van der Waals surface area contributed by atoms with E-state index in [1.54, 1.807) is 13.8 Å². The van der Waals surface area contributed by atoms with Gasteiger partial charge in [0.2, 0.25) is 0 Å². The quantitative estimate of drug-likeness (QED) is 0.751. The van der Waals surface area contributed by atoms with Crippen LogP contribution in [0.15, 0.2) is 12.1 Å². The zero-order chi connectivity index (χ0) is 11.6. The smallest absolute Gasteiger partial charge is 0.137 e. The van der Waals surface area contributed by atoms with Crippen molar-refractivity contribution < 1.29 is 13.6 Å². The van der Waals surface area contributed by atoms with Crippen LogP contribution in [0.1, 0.15) is 37.8 Å². The third kappa shape index (κ3) is 2.41. The zero-order valence-electron chi connectivity index (χ0n) is 9.10. The molecule has 0 saturated heterocycles. The van der Waals surface area contributed by atoms with Gasteiger partial charge in [-0.25, -0.2) is 8.78 Å². The van der Waals surface area contributed by atoms with Gasteiger partial charge < -0.3 is 0 Å². The van der Waals surface area contributed by atoms with Gasteiger partial charge in [0.05, 0.1) is 0 Å². The van der Waals surface area contributed by atoms with Gasteiger partial charge in [-0.2, -0.15) is 0 Å². The number of benzene rings is 1. The van der Waals surface area contributed by atoms with Crippen molar-refractivity contribution in [1.29, 1.82) is 0 Å². The Labute approximate surface area is 88.1 Å². The van der Waals surface area contributed by atoms with E-state index in [1.807, 2.05) is 0 Å². The van der Waals surface area contributed by atoms with E-state index in [-0.39, 0.29) is 5.78 Å². The van der Waals surface area contributed by atoms with Gasteiger partial charge in [-0.05, 0) is 30.5 Å². The number of hydrogen-bond donors (Lipinski definition) is 0. The lowest BCUT2D eigenvalue weighted by Crippen LogP contribution is -2.09. The van der Waals surface area contributed by atoms with Crippen LogP contribution in [-0.4, -0.2) is 5.78 Å². The lowest BCUT2D eigenvalue weighted by atomic mass is 9.91. The predicted octanol–water partition coefficient (Wildman–Crippen LogP) is 3.22. The van der Waals surface area contributed by atoms with Crippen LogP contribution in [0.5, 0.6) is 0 Å². The van der Waals surface area contributed by atoms with Crippen LogP contribution in [0.4, 0.5) is 8.78 Å². The Balaban J connectivity index is 3.32. The van der Waals surface area contributed by atoms with Crippen molar-refractivity contribution in [3.63, 3.8) is 0 Å². The minimum absolute atomic E-state index is 0.0882. The fourth-order valence-electron chi connectivity index (χ4n) is 1.60. The molecule has 15 heavy (non-hydrogen) atoms. The topological polar surface area (TPSA) is 17.1 Å². The molecular weight excluding hydrogens is 198 g/mol. The Bertz CT molecular complexity index is 385. The summed E-state index contributed by atoms with van der Waals surface area (Å²) in [6.45, 7) is 4.87. The second-order valence-corrected chi connectivity index (χ2v) is 3.64. The van der Waals surface area contributed by atoms with Gasteiger partial charge in [-0.1, -0.05) is 13.8 Å². The molecule has 0 spiro atoms. The average molecular weight is 212 g/mol. The van der Waals surface area contributed by atoms with Crippen molar-refractivity contribution in [2.24, 2.45) is 0 Å². The summed E-state index contributed by atoms with van der Waals surface area (Å²) in [5.74, 6) is -1.74. The molecule has 0 bridgehead atoms. The van der Waals surface area contributed by atoms with Crippen molar-refractivity contribution >= 4 is 5.78 Å². The molecule has 0 aliphatic rings. The Morgan fingerprint density at radius 1 is 1.40 bits per heavy atom. The van der Waals surface area contributed by atoms with E-state index in [1.165, 1.54) is 13.0 Å². The van der Waals surface area contributed by atoms with Crippen molar-refractivity contribution in [3.05, 3.63) is 34.9 Å². The van der Waals surface area contributed by atoms with Crippen molar-refractivity contribution in [3.8, 4) is 0 Å². The third-order valence-corrected chi connectivity index (χ3v) is 2.62. The number of carbonyl (C=O) groups is 1. The minimum atomic E-state index is -0.632. The number of carbonyl (C=O) groups excluding carboxylic acids is 1. The maximum atomic E-state index is 13.4. The molecular formula is C12H14F2O. The lowest BCUT2D eigenvalue weighted by Gasteiger charge is -2.14.